The van der Waals surface area contributed by atoms with E-state index in [1.54, 1.807) is 12.1 Å². The van der Waals surface area contributed by atoms with Crippen molar-refractivity contribution in [2.45, 2.75) is 56.8 Å². The molecule has 3 unspecified atom stereocenters. The van der Waals surface area contributed by atoms with Crippen molar-refractivity contribution in [2.75, 3.05) is 18.0 Å². The van der Waals surface area contributed by atoms with E-state index in [0.717, 1.165) is 38.0 Å². The third-order valence-electron chi connectivity index (χ3n) is 6.28. The highest BCUT2D eigenvalue weighted by atomic mass is 19.1. The van der Waals surface area contributed by atoms with E-state index in [1.807, 2.05) is 24.5 Å². The number of halogens is 1. The fourth-order valence-electron chi connectivity index (χ4n) is 4.91. The van der Waals surface area contributed by atoms with Crippen LogP contribution < -0.4 is 15.5 Å². The molecule has 5 nitrogen and oxygen atoms in total. The van der Waals surface area contributed by atoms with Gasteiger partial charge >= 0.3 is 0 Å². The molecule has 2 saturated heterocycles. The van der Waals surface area contributed by atoms with Gasteiger partial charge in [0.05, 0.1) is 11.7 Å². The fourth-order valence-corrected chi connectivity index (χ4v) is 4.91. The second-order valence-corrected chi connectivity index (χ2v) is 7.76. The van der Waals surface area contributed by atoms with Gasteiger partial charge in [-0.25, -0.2) is 4.39 Å². The number of aromatic nitrogens is 2. The van der Waals surface area contributed by atoms with Crippen LogP contribution in [0.5, 0.6) is 0 Å². The van der Waals surface area contributed by atoms with Crippen LogP contribution in [0.3, 0.4) is 0 Å². The lowest BCUT2D eigenvalue weighted by molar-refractivity contribution is 0.144. The summed E-state index contributed by atoms with van der Waals surface area (Å²) >= 11 is 0. The minimum absolute atomic E-state index is 0.0317. The van der Waals surface area contributed by atoms with Crippen molar-refractivity contribution in [3.05, 3.63) is 48.0 Å². The molecule has 3 N–H and O–H groups in total. The highest BCUT2D eigenvalue weighted by Gasteiger charge is 2.50. The molecule has 1 aromatic carbocycles. The zero-order chi connectivity index (χ0) is 18.1. The highest BCUT2D eigenvalue weighted by Crippen LogP contribution is 2.40. The van der Waals surface area contributed by atoms with Crippen LogP contribution in [-0.2, 0) is 6.42 Å². The van der Waals surface area contributed by atoms with Gasteiger partial charge in [-0.1, -0.05) is 0 Å². The maximum atomic E-state index is 13.6. The number of anilines is 1. The van der Waals surface area contributed by atoms with Crippen LogP contribution in [0.4, 0.5) is 10.1 Å². The number of benzene rings is 1. The summed E-state index contributed by atoms with van der Waals surface area (Å²) in [4.78, 5) is 2.59. The van der Waals surface area contributed by atoms with Gasteiger partial charge in [0, 0.05) is 30.0 Å². The lowest BCUT2D eigenvalue weighted by Crippen LogP contribution is -2.75. The van der Waals surface area contributed by atoms with Crippen molar-refractivity contribution < 1.29 is 4.39 Å². The summed E-state index contributed by atoms with van der Waals surface area (Å²) in [7, 11) is 0. The Balaban J connectivity index is 1.77. The van der Waals surface area contributed by atoms with Crippen molar-refractivity contribution in [2.24, 2.45) is 0 Å². The predicted octanol–water partition coefficient (Wildman–Crippen LogP) is 2.47. The van der Waals surface area contributed by atoms with Gasteiger partial charge in [0.15, 0.2) is 0 Å². The summed E-state index contributed by atoms with van der Waals surface area (Å²) in [5, 5.41) is 14.4. The molecule has 140 valence electrons. The molecular weight excluding hydrogens is 329 g/mol. The quantitative estimate of drug-likeness (QED) is 0.790. The van der Waals surface area contributed by atoms with E-state index in [9.17, 15) is 4.39 Å². The molecule has 2 aliphatic heterocycles. The molecule has 26 heavy (non-hydrogen) atoms. The van der Waals surface area contributed by atoms with Crippen molar-refractivity contribution in [1.82, 2.24) is 20.8 Å². The van der Waals surface area contributed by atoms with E-state index in [4.69, 9.17) is 0 Å². The fraction of sp³-hybridized carbons (Fsp3) is 0.550. The Bertz CT molecular complexity index is 708. The molecule has 0 saturated carbocycles. The van der Waals surface area contributed by atoms with Gasteiger partial charge in [-0.3, -0.25) is 5.10 Å². The molecule has 1 spiro atoms. The summed E-state index contributed by atoms with van der Waals surface area (Å²) < 4.78 is 13.6. The van der Waals surface area contributed by atoms with Crippen LogP contribution in [-0.4, -0.2) is 47.0 Å². The molecule has 2 aromatic rings. The Kier molecular flexibility index (Phi) is 4.71. The number of piperazine rings is 1. The number of nitrogens with zero attached hydrogens (tertiary/aromatic N) is 2. The van der Waals surface area contributed by atoms with Gasteiger partial charge in [0.25, 0.3) is 0 Å². The van der Waals surface area contributed by atoms with Gasteiger partial charge in [0.2, 0.25) is 0 Å². The lowest BCUT2D eigenvalue weighted by Gasteiger charge is -2.60. The number of rotatable bonds is 3. The third-order valence-corrected chi connectivity index (χ3v) is 6.28. The van der Waals surface area contributed by atoms with E-state index < -0.39 is 0 Å². The van der Waals surface area contributed by atoms with Gasteiger partial charge in [-0.15, -0.1) is 0 Å². The standard InChI is InChI=1S/C20H28FN5/c1-14-19(11-16-12-23-24-13-16)26(18-5-3-17(21)4-6-18)20(15(2)25-14)7-9-22-10-8-20/h3-6,12-15,19,22,25H,7-11H2,1-2H3,(H,23,24). The first-order valence-corrected chi connectivity index (χ1v) is 9.59. The highest BCUT2D eigenvalue weighted by molar-refractivity contribution is 5.53. The number of aromatic amines is 1. The molecule has 0 radical (unpaired) electrons. The Hall–Kier alpha value is -1.92. The molecular formula is C20H28FN5. The van der Waals surface area contributed by atoms with Crippen LogP contribution in [0.1, 0.15) is 32.3 Å². The summed E-state index contributed by atoms with van der Waals surface area (Å²) in [5.74, 6) is -0.185. The van der Waals surface area contributed by atoms with Gasteiger partial charge in [-0.2, -0.15) is 5.10 Å². The maximum absolute atomic E-state index is 13.6. The summed E-state index contributed by atoms with van der Waals surface area (Å²) in [6.07, 6.45) is 6.94. The van der Waals surface area contributed by atoms with Gasteiger partial charge < -0.3 is 15.5 Å². The van der Waals surface area contributed by atoms with Crippen molar-refractivity contribution in [3.8, 4) is 0 Å². The van der Waals surface area contributed by atoms with E-state index in [-0.39, 0.29) is 17.4 Å². The van der Waals surface area contributed by atoms with Crippen LogP contribution in [0.2, 0.25) is 0 Å². The molecule has 0 bridgehead atoms. The SMILES string of the molecule is CC1NC(C)C2(CCNCC2)N(c2ccc(F)cc2)C1Cc1cn[nH]c1. The van der Waals surface area contributed by atoms with Crippen LogP contribution >= 0.6 is 0 Å². The van der Waals surface area contributed by atoms with Gasteiger partial charge in [0.1, 0.15) is 5.82 Å². The molecule has 3 heterocycles. The molecule has 4 rings (SSSR count). The number of piperidine rings is 1. The third kappa shape index (κ3) is 3.01. The average molecular weight is 357 g/mol. The summed E-state index contributed by atoms with van der Waals surface area (Å²) in [5.41, 5.74) is 2.35. The smallest absolute Gasteiger partial charge is 0.123 e. The Morgan fingerprint density at radius 1 is 1.19 bits per heavy atom. The Morgan fingerprint density at radius 3 is 2.58 bits per heavy atom. The van der Waals surface area contributed by atoms with E-state index in [0.29, 0.717) is 12.1 Å². The van der Waals surface area contributed by atoms with Crippen molar-refractivity contribution in [3.63, 3.8) is 0 Å². The molecule has 0 amide bonds. The number of hydrogen-bond acceptors (Lipinski definition) is 4. The zero-order valence-corrected chi connectivity index (χ0v) is 15.5. The van der Waals surface area contributed by atoms with E-state index in [1.165, 1.54) is 5.56 Å². The van der Waals surface area contributed by atoms with Crippen LogP contribution in [0.25, 0.3) is 0 Å². The number of H-pyrrole nitrogens is 1. The average Bonchev–Trinajstić information content (AvgIpc) is 3.15. The minimum atomic E-state index is -0.185. The molecule has 3 atom stereocenters. The minimum Gasteiger partial charge on any atom is -0.359 e. The molecule has 2 aliphatic rings. The Labute approximate surface area is 154 Å². The summed E-state index contributed by atoms with van der Waals surface area (Å²) in [6, 6.07) is 8.01. The van der Waals surface area contributed by atoms with E-state index in [2.05, 4.69) is 39.6 Å². The predicted molar refractivity (Wildman–Crippen MR) is 102 cm³/mol. The number of nitrogens with one attached hydrogen (secondary N) is 3. The van der Waals surface area contributed by atoms with Gasteiger partial charge in [-0.05, 0) is 76.0 Å². The molecule has 0 aliphatic carbocycles. The monoisotopic (exact) mass is 357 g/mol. The van der Waals surface area contributed by atoms with E-state index >= 15 is 0 Å². The van der Waals surface area contributed by atoms with Crippen LogP contribution in [0.15, 0.2) is 36.7 Å². The zero-order valence-electron chi connectivity index (χ0n) is 15.5. The molecule has 2 fully saturated rings. The second-order valence-electron chi connectivity index (χ2n) is 7.76. The first-order valence-electron chi connectivity index (χ1n) is 9.59. The second kappa shape index (κ2) is 7.00. The maximum Gasteiger partial charge on any atom is 0.123 e. The summed E-state index contributed by atoms with van der Waals surface area (Å²) in [6.45, 7) is 6.57. The van der Waals surface area contributed by atoms with Crippen molar-refractivity contribution in [1.29, 1.82) is 0 Å². The normalized spacial score (nSPS) is 28.4. The van der Waals surface area contributed by atoms with Crippen LogP contribution in [0, 0.1) is 5.82 Å². The lowest BCUT2D eigenvalue weighted by atomic mass is 9.74. The first-order chi connectivity index (χ1) is 12.6. The molecule has 1 aromatic heterocycles. The van der Waals surface area contributed by atoms with Crippen molar-refractivity contribution >= 4 is 5.69 Å². The topological polar surface area (TPSA) is 56.0 Å². The largest absolute Gasteiger partial charge is 0.359 e. The Morgan fingerprint density at radius 2 is 1.92 bits per heavy atom. The number of hydrogen-bond donors (Lipinski definition) is 3. The molecule has 6 heteroatoms. The first kappa shape index (κ1) is 17.5.